The Morgan fingerprint density at radius 3 is 2.50 bits per heavy atom. The van der Waals surface area contributed by atoms with E-state index in [9.17, 15) is 24.5 Å². The number of carbonyl (C=O) groups is 3. The van der Waals surface area contributed by atoms with Gasteiger partial charge in [0.2, 0.25) is 0 Å². The lowest BCUT2D eigenvalue weighted by molar-refractivity contribution is -0.384. The Morgan fingerprint density at radius 2 is 1.79 bits per heavy atom. The Hall–Kier alpha value is -3.88. The fourth-order valence-corrected chi connectivity index (χ4v) is 3.22. The number of hydrogen-bond acceptors (Lipinski definition) is 6. The Balaban J connectivity index is 1.51. The molecule has 4 rings (SSSR count). The maximum Gasteiger partial charge on any atom is 0.270 e. The van der Waals surface area contributed by atoms with Crippen molar-refractivity contribution in [3.8, 4) is 0 Å². The summed E-state index contributed by atoms with van der Waals surface area (Å²) in [4.78, 5) is 48.6. The average Bonchev–Trinajstić information content (AvgIpc) is 3.29. The zero-order chi connectivity index (χ0) is 19.8. The number of rotatable bonds is 4. The molecule has 3 amide bonds. The topological polar surface area (TPSA) is 113 Å². The van der Waals surface area contributed by atoms with Crippen LogP contribution in [0.15, 0.2) is 53.6 Å². The molecule has 0 atom stereocenters. The van der Waals surface area contributed by atoms with Gasteiger partial charge in [0.05, 0.1) is 28.3 Å². The number of imide groups is 1. The molecule has 2 heterocycles. The molecule has 0 saturated heterocycles. The van der Waals surface area contributed by atoms with Crippen LogP contribution in [0.4, 0.5) is 5.69 Å². The van der Waals surface area contributed by atoms with Crippen LogP contribution in [0.2, 0.25) is 0 Å². The summed E-state index contributed by atoms with van der Waals surface area (Å²) in [6.45, 7) is -0.108. The van der Waals surface area contributed by atoms with Crippen LogP contribution in [0.1, 0.15) is 32.7 Å². The number of benzene rings is 2. The SMILES string of the molecule is O=C(CN1C(=O)c2ccc([N+](=O)[O-])cc2C1=O)N1CCC(c2ccccc2)=N1. The first-order valence-electron chi connectivity index (χ1n) is 8.53. The van der Waals surface area contributed by atoms with Gasteiger partial charge in [0.25, 0.3) is 23.4 Å². The summed E-state index contributed by atoms with van der Waals surface area (Å²) in [6.07, 6.45) is 0.573. The van der Waals surface area contributed by atoms with Crippen molar-refractivity contribution in [2.24, 2.45) is 5.10 Å². The minimum atomic E-state index is -0.719. The fourth-order valence-electron chi connectivity index (χ4n) is 3.22. The molecule has 0 spiro atoms. The van der Waals surface area contributed by atoms with Crippen LogP contribution in [0.3, 0.4) is 0 Å². The molecule has 2 aromatic rings. The van der Waals surface area contributed by atoms with Crippen molar-refractivity contribution in [2.45, 2.75) is 6.42 Å². The fraction of sp³-hybridized carbons (Fsp3) is 0.158. The molecule has 9 nitrogen and oxygen atoms in total. The highest BCUT2D eigenvalue weighted by atomic mass is 16.6. The average molecular weight is 378 g/mol. The van der Waals surface area contributed by atoms with Crippen molar-refractivity contribution in [1.82, 2.24) is 9.91 Å². The molecule has 0 fully saturated rings. The minimum Gasteiger partial charge on any atom is -0.271 e. The molecule has 0 aliphatic carbocycles. The van der Waals surface area contributed by atoms with Crippen LogP contribution in [0, 0.1) is 10.1 Å². The standard InChI is InChI=1S/C19H14N4O5/c24-17(22-9-8-16(20-22)12-4-2-1-3-5-12)11-21-18(25)14-7-6-13(23(27)28)10-15(14)19(21)26/h1-7,10H,8-9,11H2. The van der Waals surface area contributed by atoms with Gasteiger partial charge in [0.15, 0.2) is 0 Å². The van der Waals surface area contributed by atoms with Gasteiger partial charge in [-0.1, -0.05) is 30.3 Å². The van der Waals surface area contributed by atoms with Gasteiger partial charge in [-0.2, -0.15) is 5.10 Å². The van der Waals surface area contributed by atoms with Crippen molar-refractivity contribution < 1.29 is 19.3 Å². The smallest absolute Gasteiger partial charge is 0.270 e. The number of nitro benzene ring substituents is 1. The molecule has 0 saturated carbocycles. The number of carbonyl (C=O) groups excluding carboxylic acids is 3. The lowest BCUT2D eigenvalue weighted by Crippen LogP contribution is -2.40. The van der Waals surface area contributed by atoms with Crippen LogP contribution in [-0.2, 0) is 4.79 Å². The van der Waals surface area contributed by atoms with E-state index in [1.54, 1.807) is 0 Å². The Kier molecular flexibility index (Phi) is 4.19. The van der Waals surface area contributed by atoms with E-state index in [0.717, 1.165) is 28.3 Å². The predicted octanol–water partition coefficient (Wildman–Crippen LogP) is 1.83. The molecular weight excluding hydrogens is 364 g/mol. The van der Waals surface area contributed by atoms with Crippen molar-refractivity contribution in [1.29, 1.82) is 0 Å². The molecule has 9 heteroatoms. The van der Waals surface area contributed by atoms with E-state index >= 15 is 0 Å². The number of hydrazone groups is 1. The van der Waals surface area contributed by atoms with Gasteiger partial charge >= 0.3 is 0 Å². The Labute approximate surface area is 159 Å². The molecule has 0 radical (unpaired) electrons. The molecule has 0 N–H and O–H groups in total. The van der Waals surface area contributed by atoms with E-state index in [0.29, 0.717) is 13.0 Å². The van der Waals surface area contributed by atoms with Gasteiger partial charge in [-0.15, -0.1) is 0 Å². The second-order valence-electron chi connectivity index (χ2n) is 6.36. The van der Waals surface area contributed by atoms with Crippen molar-refractivity contribution in [3.05, 3.63) is 75.3 Å². The van der Waals surface area contributed by atoms with E-state index in [2.05, 4.69) is 5.10 Å². The molecule has 0 unspecified atom stereocenters. The maximum atomic E-state index is 12.6. The Morgan fingerprint density at radius 1 is 1.07 bits per heavy atom. The summed E-state index contributed by atoms with van der Waals surface area (Å²) in [5.74, 6) is -1.85. The normalized spacial score (nSPS) is 15.6. The molecule has 140 valence electrons. The van der Waals surface area contributed by atoms with Crippen LogP contribution < -0.4 is 0 Å². The number of non-ortho nitro benzene ring substituents is 1. The van der Waals surface area contributed by atoms with Gasteiger partial charge < -0.3 is 0 Å². The zero-order valence-corrected chi connectivity index (χ0v) is 14.6. The molecule has 2 aromatic carbocycles. The highest BCUT2D eigenvalue weighted by Gasteiger charge is 2.39. The summed E-state index contributed by atoms with van der Waals surface area (Å²) in [5, 5.41) is 16.4. The minimum absolute atomic E-state index is 0.0540. The van der Waals surface area contributed by atoms with E-state index in [1.165, 1.54) is 11.1 Å². The molecule has 2 aliphatic heterocycles. The number of amides is 3. The molecule has 28 heavy (non-hydrogen) atoms. The van der Waals surface area contributed by atoms with Crippen LogP contribution >= 0.6 is 0 Å². The quantitative estimate of drug-likeness (QED) is 0.457. The summed E-state index contributed by atoms with van der Waals surface area (Å²) in [5.41, 5.74) is 1.36. The van der Waals surface area contributed by atoms with Crippen LogP contribution in [0.25, 0.3) is 0 Å². The summed E-state index contributed by atoms with van der Waals surface area (Å²) >= 11 is 0. The highest BCUT2D eigenvalue weighted by molar-refractivity contribution is 6.22. The predicted molar refractivity (Wildman–Crippen MR) is 97.8 cm³/mol. The molecule has 0 bridgehead atoms. The number of fused-ring (bicyclic) bond motifs is 1. The molecule has 2 aliphatic rings. The van der Waals surface area contributed by atoms with Gasteiger partial charge in [0.1, 0.15) is 6.54 Å². The third kappa shape index (κ3) is 2.92. The second kappa shape index (κ2) is 6.69. The van der Waals surface area contributed by atoms with E-state index in [1.807, 2.05) is 30.3 Å². The van der Waals surface area contributed by atoms with Crippen molar-refractivity contribution in [2.75, 3.05) is 13.1 Å². The van der Waals surface area contributed by atoms with E-state index in [-0.39, 0.29) is 16.8 Å². The monoisotopic (exact) mass is 378 g/mol. The summed E-state index contributed by atoms with van der Waals surface area (Å²) < 4.78 is 0. The molecular formula is C19H14N4O5. The second-order valence-corrected chi connectivity index (χ2v) is 6.36. The lowest BCUT2D eigenvalue weighted by atomic mass is 10.1. The largest absolute Gasteiger partial charge is 0.271 e. The van der Waals surface area contributed by atoms with Crippen molar-refractivity contribution >= 4 is 29.1 Å². The first-order chi connectivity index (χ1) is 13.5. The maximum absolute atomic E-state index is 12.6. The Bertz CT molecular complexity index is 1050. The number of nitrogens with zero attached hydrogens (tertiary/aromatic N) is 4. The van der Waals surface area contributed by atoms with E-state index < -0.39 is 29.2 Å². The van der Waals surface area contributed by atoms with Crippen molar-refractivity contribution in [3.63, 3.8) is 0 Å². The third-order valence-electron chi connectivity index (χ3n) is 4.66. The van der Waals surface area contributed by atoms with Crippen LogP contribution in [-0.4, -0.2) is 51.4 Å². The summed E-state index contributed by atoms with van der Waals surface area (Å²) in [6, 6.07) is 12.9. The van der Waals surface area contributed by atoms with Crippen LogP contribution in [0.5, 0.6) is 0 Å². The number of hydrogen-bond donors (Lipinski definition) is 0. The first kappa shape index (κ1) is 17.5. The molecule has 0 aromatic heterocycles. The van der Waals surface area contributed by atoms with Gasteiger partial charge in [-0.25, -0.2) is 5.01 Å². The first-order valence-corrected chi connectivity index (χ1v) is 8.53. The van der Waals surface area contributed by atoms with Gasteiger partial charge in [-0.05, 0) is 11.6 Å². The number of nitro groups is 1. The summed E-state index contributed by atoms with van der Waals surface area (Å²) in [7, 11) is 0. The third-order valence-corrected chi connectivity index (χ3v) is 4.66. The highest BCUT2D eigenvalue weighted by Crippen LogP contribution is 2.27. The zero-order valence-electron chi connectivity index (χ0n) is 14.6. The van der Waals surface area contributed by atoms with Gasteiger partial charge in [0, 0.05) is 18.6 Å². The van der Waals surface area contributed by atoms with Gasteiger partial charge in [-0.3, -0.25) is 29.4 Å². The van der Waals surface area contributed by atoms with E-state index in [4.69, 9.17) is 0 Å². The lowest BCUT2D eigenvalue weighted by Gasteiger charge is -2.17.